The average molecular weight is 831 g/mol. The van der Waals surface area contributed by atoms with Crippen LogP contribution in [0.3, 0.4) is 0 Å². The number of aromatic nitrogens is 4. The molecule has 5 N–H and O–H groups in total. The molecule has 4 aromatic rings. The number of likely N-dealkylation sites (tertiary alicyclic amines) is 1. The largest absolute Gasteiger partial charge is 0.453 e. The molecule has 0 radical (unpaired) electrons. The molecule has 4 amide bonds. The summed E-state index contributed by atoms with van der Waals surface area (Å²) in [4.78, 5) is 66.0. The molecule has 2 unspecified atom stereocenters. The number of methoxy groups -OCH3 is 2. The highest BCUT2D eigenvalue weighted by Crippen LogP contribution is 2.33. The van der Waals surface area contributed by atoms with Crippen LogP contribution in [-0.4, -0.2) is 88.7 Å². The number of alkyl carbamates (subject to hydrolysis) is 2. The van der Waals surface area contributed by atoms with E-state index in [1.807, 2.05) is 104 Å². The van der Waals surface area contributed by atoms with Crippen molar-refractivity contribution in [2.45, 2.75) is 120 Å². The van der Waals surface area contributed by atoms with Gasteiger partial charge in [-0.3, -0.25) is 9.59 Å². The van der Waals surface area contributed by atoms with Crippen molar-refractivity contribution in [3.63, 3.8) is 0 Å². The highest BCUT2D eigenvalue weighted by Gasteiger charge is 2.37. The second-order valence-electron chi connectivity index (χ2n) is 13.3. The summed E-state index contributed by atoms with van der Waals surface area (Å²) >= 11 is 0. The summed E-state index contributed by atoms with van der Waals surface area (Å²) in [5.74, 6) is 7.55. The Bertz CT molecular complexity index is 1930. The summed E-state index contributed by atoms with van der Waals surface area (Å²) < 4.78 is 9.18. The number of carbonyl (C=O) groups excluding carboxylic acids is 4. The number of H-pyrrole nitrogens is 2. The summed E-state index contributed by atoms with van der Waals surface area (Å²) in [5, 5.41) is 7.79. The molecule has 2 atom stereocenters. The number of nitrogens with zero attached hydrogens (tertiary/aromatic N) is 3. The Morgan fingerprint density at radius 1 is 0.867 bits per heavy atom. The van der Waals surface area contributed by atoms with E-state index in [1.165, 1.54) is 20.6 Å². The van der Waals surface area contributed by atoms with Gasteiger partial charge >= 0.3 is 12.2 Å². The summed E-state index contributed by atoms with van der Waals surface area (Å²) in [6, 6.07) is 12.9. The molecule has 1 aliphatic rings. The molecule has 2 aromatic heterocycles. The molecule has 14 heteroatoms. The lowest BCUT2D eigenvalue weighted by Gasteiger charge is -2.29. The van der Waals surface area contributed by atoms with Gasteiger partial charge in [0.25, 0.3) is 0 Å². The number of benzene rings is 2. The molecular formula is C46H70N8O6. The highest BCUT2D eigenvalue weighted by atomic mass is 16.5. The van der Waals surface area contributed by atoms with Gasteiger partial charge in [0.2, 0.25) is 11.8 Å². The number of ether oxygens (including phenoxy) is 2. The fraction of sp³-hybridized carbons (Fsp3) is 0.522. The number of rotatable bonds is 12. The van der Waals surface area contributed by atoms with Crippen molar-refractivity contribution in [1.29, 1.82) is 0 Å². The normalized spacial score (nSPS) is 12.9. The number of fused-ring (bicyclic) bond motifs is 1. The van der Waals surface area contributed by atoms with Crippen molar-refractivity contribution in [1.82, 2.24) is 40.8 Å². The lowest BCUT2D eigenvalue weighted by molar-refractivity contribution is -0.135. The van der Waals surface area contributed by atoms with Crippen LogP contribution in [0.15, 0.2) is 48.7 Å². The number of carbonyl (C=O) groups is 4. The number of nitrogens with one attached hydrogen (secondary N) is 5. The molecule has 1 fully saturated rings. The Hall–Kier alpha value is -5.84. The van der Waals surface area contributed by atoms with Crippen molar-refractivity contribution in [2.75, 3.05) is 33.9 Å². The zero-order chi connectivity index (χ0) is 45.0. The molecule has 60 heavy (non-hydrogen) atoms. The van der Waals surface area contributed by atoms with Gasteiger partial charge in [-0.05, 0) is 67.5 Å². The first-order valence-corrected chi connectivity index (χ1v) is 21.5. The van der Waals surface area contributed by atoms with Gasteiger partial charge in [-0.1, -0.05) is 99.6 Å². The number of aromatic amines is 2. The second kappa shape index (κ2) is 29.4. The van der Waals surface area contributed by atoms with Crippen LogP contribution in [0.4, 0.5) is 9.59 Å². The van der Waals surface area contributed by atoms with Crippen molar-refractivity contribution in [2.24, 2.45) is 5.92 Å². The topological polar surface area (TPSA) is 183 Å². The molecule has 0 aliphatic carbocycles. The van der Waals surface area contributed by atoms with Crippen molar-refractivity contribution in [3.05, 3.63) is 71.4 Å². The van der Waals surface area contributed by atoms with E-state index in [0.29, 0.717) is 13.1 Å². The lowest BCUT2D eigenvalue weighted by Crippen LogP contribution is -2.51. The predicted molar refractivity (Wildman–Crippen MR) is 240 cm³/mol. The van der Waals surface area contributed by atoms with Gasteiger partial charge in [-0.15, -0.1) is 0 Å². The number of imidazole rings is 2. The van der Waals surface area contributed by atoms with Gasteiger partial charge in [0.1, 0.15) is 17.7 Å². The van der Waals surface area contributed by atoms with Crippen LogP contribution >= 0.6 is 0 Å². The number of amides is 4. The molecule has 3 heterocycles. The minimum absolute atomic E-state index is 0.106. The molecule has 5 rings (SSSR count). The van der Waals surface area contributed by atoms with E-state index in [9.17, 15) is 19.2 Å². The van der Waals surface area contributed by atoms with E-state index in [1.54, 1.807) is 4.90 Å². The number of aryl methyl sites for hydroxylation is 1. The summed E-state index contributed by atoms with van der Waals surface area (Å²) in [5.41, 5.74) is 5.24. The summed E-state index contributed by atoms with van der Waals surface area (Å²) in [7, 11) is 2.53. The monoisotopic (exact) mass is 831 g/mol. The van der Waals surface area contributed by atoms with Crippen LogP contribution < -0.4 is 16.0 Å². The van der Waals surface area contributed by atoms with Crippen LogP contribution in [-0.2, 0) is 25.5 Å². The molecule has 330 valence electrons. The molecule has 0 saturated carbocycles. The average Bonchev–Trinajstić information content (AvgIpc) is 4.06. The minimum atomic E-state index is -0.690. The molecule has 14 nitrogen and oxygen atoms in total. The second-order valence-corrected chi connectivity index (χ2v) is 13.3. The smallest absolute Gasteiger partial charge is 0.407 e. The van der Waals surface area contributed by atoms with Crippen LogP contribution in [0, 0.1) is 17.8 Å². The molecular weight excluding hydrogens is 761 g/mol. The van der Waals surface area contributed by atoms with Crippen LogP contribution in [0.5, 0.6) is 0 Å². The SMILES string of the molecule is CC.CC.CC.CCC.COC(=O)NCC(=O)NCCCCc1ncc(-c2ccc(C#Cc3ccc4nc(C5CCCN5C(=O)C(NC(=O)OC)C(C)C)[nH]c4c3)cc2)[nH]1. The van der Waals surface area contributed by atoms with Crippen LogP contribution in [0.2, 0.25) is 0 Å². The third kappa shape index (κ3) is 16.8. The Morgan fingerprint density at radius 3 is 2.13 bits per heavy atom. The molecule has 1 aliphatic heterocycles. The van der Waals surface area contributed by atoms with Gasteiger partial charge in [0, 0.05) is 30.6 Å². The van der Waals surface area contributed by atoms with E-state index >= 15 is 0 Å². The maximum atomic E-state index is 13.5. The van der Waals surface area contributed by atoms with E-state index in [4.69, 9.17) is 9.72 Å². The zero-order valence-corrected chi connectivity index (χ0v) is 38.0. The fourth-order valence-electron chi connectivity index (χ4n) is 5.90. The maximum Gasteiger partial charge on any atom is 0.407 e. The standard InChI is InChI=1S/C37H44N8O6.C3H8.3C2H6/c1-23(2)33(44-37(49)51-4)35(47)45-19-7-8-30(45)34-42-27-17-14-25(20-28(27)43-34)11-10-24-12-15-26(16-13-24)29-21-39-31(41-29)9-5-6-18-38-32(46)22-40-36(48)50-3;1-3-2;3*1-2/h12-17,20-21,23,30,33H,5-9,18-19,22H2,1-4H3,(H,38,46)(H,39,41)(H,40,48)(H,42,43)(H,44,49);3H2,1-2H3;3*1-2H3. The first-order valence-electron chi connectivity index (χ1n) is 21.5. The molecule has 2 aromatic carbocycles. The van der Waals surface area contributed by atoms with Crippen molar-refractivity contribution < 1.29 is 28.7 Å². The highest BCUT2D eigenvalue weighted by molar-refractivity contribution is 5.86. The minimum Gasteiger partial charge on any atom is -0.453 e. The van der Waals surface area contributed by atoms with Gasteiger partial charge in [0.15, 0.2) is 0 Å². The third-order valence-corrected chi connectivity index (χ3v) is 8.66. The van der Waals surface area contributed by atoms with Crippen LogP contribution in [0.1, 0.15) is 130 Å². The summed E-state index contributed by atoms with van der Waals surface area (Å²) in [6.07, 6.45) is 5.77. The third-order valence-electron chi connectivity index (χ3n) is 8.66. The first-order chi connectivity index (χ1) is 29.1. The Morgan fingerprint density at radius 2 is 1.50 bits per heavy atom. The summed E-state index contributed by atoms with van der Waals surface area (Å²) in [6.45, 7) is 21.0. The van der Waals surface area contributed by atoms with E-state index in [-0.39, 0.29) is 30.3 Å². The maximum absolute atomic E-state index is 13.5. The van der Waals surface area contributed by atoms with E-state index in [0.717, 1.165) is 77.2 Å². The lowest BCUT2D eigenvalue weighted by atomic mass is 10.0. The quantitative estimate of drug-likeness (QED) is 0.0694. The van der Waals surface area contributed by atoms with Crippen molar-refractivity contribution in [3.8, 4) is 23.1 Å². The fourth-order valence-corrected chi connectivity index (χ4v) is 5.90. The molecule has 1 saturated heterocycles. The van der Waals surface area contributed by atoms with E-state index < -0.39 is 18.2 Å². The Labute approximate surface area is 357 Å². The Kier molecular flexibility index (Phi) is 25.6. The van der Waals surface area contributed by atoms with Gasteiger partial charge in [0.05, 0.1) is 49.7 Å². The number of hydrogen-bond acceptors (Lipinski definition) is 8. The first kappa shape index (κ1) is 52.2. The van der Waals surface area contributed by atoms with Gasteiger partial charge in [-0.25, -0.2) is 19.6 Å². The Balaban J connectivity index is 0.00000186. The van der Waals surface area contributed by atoms with Crippen LogP contribution in [0.25, 0.3) is 22.3 Å². The van der Waals surface area contributed by atoms with Crippen molar-refractivity contribution >= 4 is 35.0 Å². The predicted octanol–water partition coefficient (Wildman–Crippen LogP) is 8.69. The number of unbranched alkanes of at least 4 members (excludes halogenated alkanes) is 1. The van der Waals surface area contributed by atoms with Gasteiger partial charge in [-0.2, -0.15) is 0 Å². The van der Waals surface area contributed by atoms with E-state index in [2.05, 4.69) is 61.3 Å². The van der Waals surface area contributed by atoms with Gasteiger partial charge < -0.3 is 40.3 Å². The molecule has 0 spiro atoms. The molecule has 0 bridgehead atoms. The zero-order valence-electron chi connectivity index (χ0n) is 38.0. The number of hydrogen-bond donors (Lipinski definition) is 5.